The first-order chi connectivity index (χ1) is 16.1. The lowest BCUT2D eigenvalue weighted by Crippen LogP contribution is -2.26. The smallest absolute Gasteiger partial charge is 0.228 e. The van der Waals surface area contributed by atoms with E-state index in [0.717, 1.165) is 28.9 Å². The van der Waals surface area contributed by atoms with Crippen LogP contribution in [0.5, 0.6) is 11.6 Å². The first-order valence-corrected chi connectivity index (χ1v) is 10.8. The number of aromatic nitrogens is 4. The van der Waals surface area contributed by atoms with E-state index in [9.17, 15) is 4.79 Å². The van der Waals surface area contributed by atoms with Crippen LogP contribution in [0, 0.1) is 0 Å². The number of nitrogens with two attached hydrogens (primary N) is 1. The molecule has 164 valence electrons. The highest BCUT2D eigenvalue weighted by Gasteiger charge is 2.39. The number of hydrogen-bond acceptors (Lipinski definition) is 7. The molecule has 6 rings (SSSR count). The summed E-state index contributed by atoms with van der Waals surface area (Å²) in [5.74, 6) is 2.13. The molecule has 8 heteroatoms. The Labute approximate surface area is 189 Å². The van der Waals surface area contributed by atoms with Crippen molar-refractivity contribution in [2.24, 2.45) is 0 Å². The summed E-state index contributed by atoms with van der Waals surface area (Å²) in [6.07, 6.45) is 3.57. The largest absolute Gasteiger partial charge is 0.497 e. The number of carbonyl (C=O) groups excluding carboxylic acids is 1. The molecule has 0 amide bonds. The van der Waals surface area contributed by atoms with Crippen LogP contribution < -0.4 is 15.2 Å². The van der Waals surface area contributed by atoms with Crippen molar-refractivity contribution >= 4 is 17.1 Å². The fourth-order valence-corrected chi connectivity index (χ4v) is 4.66. The summed E-state index contributed by atoms with van der Waals surface area (Å²) in [5, 5.41) is 4.62. The van der Waals surface area contributed by atoms with E-state index < -0.39 is 0 Å². The predicted molar refractivity (Wildman–Crippen MR) is 122 cm³/mol. The van der Waals surface area contributed by atoms with Crippen molar-refractivity contribution in [1.29, 1.82) is 0 Å². The van der Waals surface area contributed by atoms with E-state index in [0.29, 0.717) is 47.2 Å². The molecule has 0 radical (unpaired) electrons. The number of ketones is 1. The van der Waals surface area contributed by atoms with E-state index >= 15 is 0 Å². The van der Waals surface area contributed by atoms with Gasteiger partial charge >= 0.3 is 0 Å². The number of nitrogens with zero attached hydrogens (tertiary/aromatic N) is 4. The number of methoxy groups -OCH3 is 1. The maximum absolute atomic E-state index is 13.1. The number of rotatable bonds is 3. The standard InChI is InChI=1S/C25H21N5O3/c1-32-15-11-9-14(10-12-15)20-21-18(31)7-4-8-19(21)33-25-22(20)24-28-23(29-30(24)13-27-25)16-5-2-3-6-17(16)26/h2-3,5-6,9-13,20H,4,7-8,26H2,1H3. The lowest BCUT2D eigenvalue weighted by atomic mass is 9.78. The average molecular weight is 439 g/mol. The molecule has 4 aromatic rings. The molecule has 1 atom stereocenters. The van der Waals surface area contributed by atoms with Gasteiger partial charge in [-0.25, -0.2) is 14.5 Å². The van der Waals surface area contributed by atoms with Crippen LogP contribution in [0.15, 0.2) is 66.2 Å². The topological polar surface area (TPSA) is 105 Å². The van der Waals surface area contributed by atoms with E-state index in [1.54, 1.807) is 18.0 Å². The molecule has 0 saturated carbocycles. The second kappa shape index (κ2) is 7.44. The fourth-order valence-electron chi connectivity index (χ4n) is 4.66. The molecule has 1 aliphatic carbocycles. The van der Waals surface area contributed by atoms with Crippen LogP contribution in [0.25, 0.3) is 17.0 Å². The first kappa shape index (κ1) is 19.5. The highest BCUT2D eigenvalue weighted by atomic mass is 16.5. The quantitative estimate of drug-likeness (QED) is 0.483. The van der Waals surface area contributed by atoms with E-state index in [4.69, 9.17) is 20.2 Å². The Morgan fingerprint density at radius 2 is 1.94 bits per heavy atom. The monoisotopic (exact) mass is 439 g/mol. The lowest BCUT2D eigenvalue weighted by molar-refractivity contribution is -0.116. The minimum absolute atomic E-state index is 0.0942. The van der Waals surface area contributed by atoms with Gasteiger partial charge in [-0.15, -0.1) is 5.10 Å². The number of hydrogen-bond donors (Lipinski definition) is 1. The molecular formula is C25H21N5O3. The van der Waals surface area contributed by atoms with Gasteiger partial charge in [0.25, 0.3) is 0 Å². The molecule has 2 aromatic heterocycles. The molecule has 2 aliphatic rings. The number of benzene rings is 2. The van der Waals surface area contributed by atoms with Gasteiger partial charge in [0.1, 0.15) is 17.8 Å². The second-order valence-corrected chi connectivity index (χ2v) is 8.18. The number of Topliss-reactive ketones (excluding diaryl/α,β-unsaturated/α-hetero) is 1. The molecular weight excluding hydrogens is 418 g/mol. The van der Waals surface area contributed by atoms with Crippen LogP contribution >= 0.6 is 0 Å². The van der Waals surface area contributed by atoms with Crippen LogP contribution in [0.2, 0.25) is 0 Å². The van der Waals surface area contributed by atoms with E-state index in [1.807, 2.05) is 48.5 Å². The molecule has 1 aliphatic heterocycles. The van der Waals surface area contributed by atoms with Crippen LogP contribution in [-0.4, -0.2) is 32.5 Å². The molecule has 2 aromatic carbocycles. The van der Waals surface area contributed by atoms with Gasteiger partial charge in [0, 0.05) is 35.6 Å². The zero-order valence-corrected chi connectivity index (χ0v) is 18.0. The second-order valence-electron chi connectivity index (χ2n) is 8.18. The molecule has 0 bridgehead atoms. The van der Waals surface area contributed by atoms with Crippen molar-refractivity contribution in [2.75, 3.05) is 12.8 Å². The van der Waals surface area contributed by atoms with Gasteiger partial charge in [0.2, 0.25) is 5.88 Å². The molecule has 0 spiro atoms. The Morgan fingerprint density at radius 3 is 2.73 bits per heavy atom. The van der Waals surface area contributed by atoms with Gasteiger partial charge in [-0.3, -0.25) is 4.79 Å². The van der Waals surface area contributed by atoms with Crippen molar-refractivity contribution in [2.45, 2.75) is 25.2 Å². The minimum atomic E-state index is -0.358. The summed E-state index contributed by atoms with van der Waals surface area (Å²) in [5.41, 5.74) is 10.4. The van der Waals surface area contributed by atoms with Gasteiger partial charge in [-0.1, -0.05) is 24.3 Å². The molecule has 0 saturated heterocycles. The molecule has 8 nitrogen and oxygen atoms in total. The maximum atomic E-state index is 13.1. The predicted octanol–water partition coefficient (Wildman–Crippen LogP) is 3.91. The van der Waals surface area contributed by atoms with Crippen LogP contribution in [-0.2, 0) is 4.79 Å². The van der Waals surface area contributed by atoms with Crippen molar-refractivity contribution in [3.63, 3.8) is 0 Å². The Morgan fingerprint density at radius 1 is 1.12 bits per heavy atom. The number of para-hydroxylation sites is 1. The Bertz CT molecular complexity index is 1440. The van der Waals surface area contributed by atoms with Crippen LogP contribution in [0.3, 0.4) is 0 Å². The fraction of sp³-hybridized carbons (Fsp3) is 0.200. The zero-order chi connectivity index (χ0) is 22.5. The van der Waals surface area contributed by atoms with Crippen molar-refractivity contribution in [3.05, 3.63) is 77.3 Å². The van der Waals surface area contributed by atoms with Crippen LogP contribution in [0.1, 0.15) is 36.3 Å². The Kier molecular flexibility index (Phi) is 4.39. The van der Waals surface area contributed by atoms with Crippen LogP contribution in [0.4, 0.5) is 5.69 Å². The number of anilines is 1. The summed E-state index contributed by atoms with van der Waals surface area (Å²) in [4.78, 5) is 22.5. The van der Waals surface area contributed by atoms with E-state index in [-0.39, 0.29) is 11.7 Å². The van der Waals surface area contributed by atoms with Gasteiger partial charge in [0.05, 0.1) is 12.7 Å². The van der Waals surface area contributed by atoms with Crippen molar-refractivity contribution in [1.82, 2.24) is 19.6 Å². The summed E-state index contributed by atoms with van der Waals surface area (Å²) < 4.78 is 13.1. The van der Waals surface area contributed by atoms with Gasteiger partial charge in [-0.05, 0) is 36.2 Å². The number of allylic oxidation sites excluding steroid dienone is 2. The Hall–Kier alpha value is -4.20. The maximum Gasteiger partial charge on any atom is 0.228 e. The average Bonchev–Trinajstić information content (AvgIpc) is 3.27. The first-order valence-electron chi connectivity index (χ1n) is 10.8. The Balaban J connectivity index is 1.60. The van der Waals surface area contributed by atoms with Gasteiger partial charge in [-0.2, -0.15) is 0 Å². The van der Waals surface area contributed by atoms with E-state index in [1.165, 1.54) is 0 Å². The summed E-state index contributed by atoms with van der Waals surface area (Å²) in [6.45, 7) is 0. The highest BCUT2D eigenvalue weighted by Crippen LogP contribution is 2.47. The van der Waals surface area contributed by atoms with Crippen molar-refractivity contribution in [3.8, 4) is 23.0 Å². The molecule has 3 heterocycles. The highest BCUT2D eigenvalue weighted by molar-refractivity contribution is 6.00. The number of carbonyl (C=O) groups is 1. The number of fused-ring (bicyclic) bond motifs is 3. The summed E-state index contributed by atoms with van der Waals surface area (Å²) in [7, 11) is 1.63. The summed E-state index contributed by atoms with van der Waals surface area (Å²) >= 11 is 0. The normalized spacial score (nSPS) is 17.5. The third-order valence-corrected chi connectivity index (χ3v) is 6.24. The number of nitrogen functional groups attached to an aromatic ring is 1. The molecule has 0 fully saturated rings. The third kappa shape index (κ3) is 3.06. The van der Waals surface area contributed by atoms with E-state index in [2.05, 4.69) is 10.1 Å². The molecule has 2 N–H and O–H groups in total. The summed E-state index contributed by atoms with van der Waals surface area (Å²) in [6, 6.07) is 15.2. The lowest BCUT2D eigenvalue weighted by Gasteiger charge is -2.32. The molecule has 1 unspecified atom stereocenters. The van der Waals surface area contributed by atoms with Crippen molar-refractivity contribution < 1.29 is 14.3 Å². The third-order valence-electron chi connectivity index (χ3n) is 6.24. The number of ether oxygens (including phenoxy) is 2. The van der Waals surface area contributed by atoms with Gasteiger partial charge in [0.15, 0.2) is 17.3 Å². The SMILES string of the molecule is COc1ccc(C2C3=C(CCCC3=O)Oc3ncn4nc(-c5ccccc5N)nc4c32)cc1. The van der Waals surface area contributed by atoms with Gasteiger partial charge < -0.3 is 15.2 Å². The zero-order valence-electron chi connectivity index (χ0n) is 18.0. The molecule has 33 heavy (non-hydrogen) atoms. The minimum Gasteiger partial charge on any atom is -0.497 e.